The SMILES string of the molecule is Cc1ccccc1NC(=O)Cn1c2c(sc1=O)C(c1ccc(Br)cc1)C1C(=O)N(c3ccccc3)C(=O)C1S2. The number of aromatic nitrogens is 1. The molecule has 39 heavy (non-hydrogen) atoms. The summed E-state index contributed by atoms with van der Waals surface area (Å²) in [5, 5.41) is 2.73. The maximum Gasteiger partial charge on any atom is 0.308 e. The van der Waals surface area contributed by atoms with Crippen LogP contribution in [0, 0.1) is 12.8 Å². The highest BCUT2D eigenvalue weighted by atomic mass is 79.9. The summed E-state index contributed by atoms with van der Waals surface area (Å²) >= 11 is 5.71. The molecule has 10 heteroatoms. The molecular formula is C29H22BrN3O4S2. The van der Waals surface area contributed by atoms with E-state index in [4.69, 9.17) is 0 Å². The van der Waals surface area contributed by atoms with Crippen molar-refractivity contribution < 1.29 is 14.4 Å². The van der Waals surface area contributed by atoms with E-state index in [2.05, 4.69) is 21.2 Å². The van der Waals surface area contributed by atoms with Crippen molar-refractivity contribution in [3.8, 4) is 0 Å². The first-order chi connectivity index (χ1) is 18.8. The van der Waals surface area contributed by atoms with Gasteiger partial charge in [0.25, 0.3) is 0 Å². The molecule has 196 valence electrons. The lowest BCUT2D eigenvalue weighted by Crippen LogP contribution is -2.33. The number of hydrogen-bond donors (Lipinski definition) is 1. The van der Waals surface area contributed by atoms with Crippen molar-refractivity contribution in [1.29, 1.82) is 0 Å². The van der Waals surface area contributed by atoms with Crippen molar-refractivity contribution in [2.24, 2.45) is 5.92 Å². The quantitative estimate of drug-likeness (QED) is 0.302. The summed E-state index contributed by atoms with van der Waals surface area (Å²) in [6, 6.07) is 23.9. The Balaban J connectivity index is 1.42. The van der Waals surface area contributed by atoms with Gasteiger partial charge in [-0.3, -0.25) is 23.7 Å². The fraction of sp³-hybridized carbons (Fsp3) is 0.172. The topological polar surface area (TPSA) is 88.5 Å². The van der Waals surface area contributed by atoms with Crippen LogP contribution in [0.3, 0.4) is 0 Å². The molecule has 1 fully saturated rings. The number of halogens is 1. The minimum atomic E-state index is -0.724. The molecule has 3 amide bonds. The molecule has 3 unspecified atom stereocenters. The molecule has 4 aromatic rings. The van der Waals surface area contributed by atoms with E-state index in [0.29, 0.717) is 21.3 Å². The minimum Gasteiger partial charge on any atom is -0.324 e. The summed E-state index contributed by atoms with van der Waals surface area (Å²) in [5.74, 6) is -2.11. The molecular weight excluding hydrogens is 598 g/mol. The molecule has 0 saturated carbocycles. The molecule has 0 spiro atoms. The van der Waals surface area contributed by atoms with Crippen molar-refractivity contribution in [2.75, 3.05) is 10.2 Å². The molecule has 2 aliphatic heterocycles. The average molecular weight is 621 g/mol. The van der Waals surface area contributed by atoms with E-state index in [1.165, 1.54) is 21.2 Å². The Kier molecular flexibility index (Phi) is 6.78. The number of amides is 3. The summed E-state index contributed by atoms with van der Waals surface area (Å²) in [5.41, 5.74) is 2.95. The zero-order valence-corrected chi connectivity index (χ0v) is 23.9. The number of carbonyl (C=O) groups is 3. The second kappa shape index (κ2) is 10.3. The van der Waals surface area contributed by atoms with Crippen molar-refractivity contribution in [2.45, 2.75) is 29.7 Å². The lowest BCUT2D eigenvalue weighted by molar-refractivity contribution is -0.122. The van der Waals surface area contributed by atoms with Gasteiger partial charge in [-0.2, -0.15) is 0 Å². The number of aryl methyl sites for hydroxylation is 1. The van der Waals surface area contributed by atoms with E-state index >= 15 is 0 Å². The standard InChI is InChI=1S/C29H22BrN3O4S2/c1-16-7-5-6-10-20(16)31-21(34)15-32-28-25(39-29(32)37)22(17-11-13-18(30)14-12-17)23-24(38-28)27(36)33(26(23)35)19-8-3-2-4-9-19/h2-14,22-24H,15H2,1H3,(H,31,34). The van der Waals surface area contributed by atoms with Crippen LogP contribution in [0.15, 0.2) is 93.2 Å². The monoisotopic (exact) mass is 619 g/mol. The zero-order valence-electron chi connectivity index (χ0n) is 20.7. The molecule has 0 aliphatic carbocycles. The molecule has 1 N–H and O–H groups in total. The van der Waals surface area contributed by atoms with Gasteiger partial charge in [0, 0.05) is 21.0 Å². The number of para-hydroxylation sites is 2. The van der Waals surface area contributed by atoms with Crippen molar-refractivity contribution in [1.82, 2.24) is 4.57 Å². The van der Waals surface area contributed by atoms with E-state index in [1.54, 1.807) is 24.3 Å². The Morgan fingerprint density at radius 3 is 2.33 bits per heavy atom. The van der Waals surface area contributed by atoms with Crippen LogP contribution >= 0.6 is 39.0 Å². The Bertz CT molecular complexity index is 1670. The number of nitrogens with zero attached hydrogens (tertiary/aromatic N) is 2. The summed E-state index contributed by atoms with van der Waals surface area (Å²) in [4.78, 5) is 55.5. The number of rotatable bonds is 5. The van der Waals surface area contributed by atoms with Crippen LogP contribution in [-0.2, 0) is 20.9 Å². The predicted octanol–water partition coefficient (Wildman–Crippen LogP) is 5.42. The molecule has 3 aromatic carbocycles. The Morgan fingerprint density at radius 2 is 1.62 bits per heavy atom. The van der Waals surface area contributed by atoms with Gasteiger partial charge in [-0.25, -0.2) is 4.90 Å². The van der Waals surface area contributed by atoms with E-state index in [9.17, 15) is 19.2 Å². The van der Waals surface area contributed by atoms with Crippen LogP contribution in [0.1, 0.15) is 21.9 Å². The van der Waals surface area contributed by atoms with Crippen LogP contribution in [0.25, 0.3) is 0 Å². The second-order valence-corrected chi connectivity index (χ2v) is 12.5. The fourth-order valence-electron chi connectivity index (χ4n) is 5.16. The Labute approximate surface area is 241 Å². The van der Waals surface area contributed by atoms with Gasteiger partial charge in [-0.05, 0) is 48.4 Å². The summed E-state index contributed by atoms with van der Waals surface area (Å²) < 4.78 is 2.31. The fourth-order valence-corrected chi connectivity index (χ4v) is 8.20. The molecule has 0 radical (unpaired) electrons. The summed E-state index contributed by atoms with van der Waals surface area (Å²) in [6.07, 6.45) is 0. The number of nitrogens with one attached hydrogen (secondary N) is 1. The maximum absolute atomic E-state index is 13.9. The summed E-state index contributed by atoms with van der Waals surface area (Å²) in [6.45, 7) is 1.70. The van der Waals surface area contributed by atoms with Gasteiger partial charge in [-0.1, -0.05) is 87.6 Å². The number of thioether (sulfide) groups is 1. The molecule has 1 saturated heterocycles. The summed E-state index contributed by atoms with van der Waals surface area (Å²) in [7, 11) is 0. The highest BCUT2D eigenvalue weighted by Gasteiger charge is 2.56. The second-order valence-electron chi connectivity index (χ2n) is 9.43. The third-order valence-electron chi connectivity index (χ3n) is 7.01. The average Bonchev–Trinajstić information content (AvgIpc) is 3.37. The predicted molar refractivity (Wildman–Crippen MR) is 156 cm³/mol. The van der Waals surface area contributed by atoms with Crippen molar-refractivity contribution >= 4 is 68.1 Å². The molecule has 2 aliphatic rings. The van der Waals surface area contributed by atoms with Gasteiger partial charge in [0.05, 0.1) is 16.6 Å². The number of thiazole rings is 1. The largest absolute Gasteiger partial charge is 0.324 e. The lowest BCUT2D eigenvalue weighted by Gasteiger charge is -2.30. The van der Waals surface area contributed by atoms with Crippen molar-refractivity contribution in [3.63, 3.8) is 0 Å². The van der Waals surface area contributed by atoms with E-state index in [1.807, 2.05) is 61.5 Å². The first-order valence-corrected chi connectivity index (χ1v) is 14.8. The first kappa shape index (κ1) is 25.8. The molecule has 0 bridgehead atoms. The van der Waals surface area contributed by atoms with Gasteiger partial charge in [-0.15, -0.1) is 0 Å². The van der Waals surface area contributed by atoms with Crippen LogP contribution in [-0.4, -0.2) is 27.5 Å². The number of hydrogen-bond acceptors (Lipinski definition) is 6. The van der Waals surface area contributed by atoms with Gasteiger partial charge in [0.15, 0.2) is 0 Å². The van der Waals surface area contributed by atoms with Gasteiger partial charge in [0.2, 0.25) is 17.7 Å². The maximum atomic E-state index is 13.9. The van der Waals surface area contributed by atoms with Crippen molar-refractivity contribution in [3.05, 3.63) is 109 Å². The third-order valence-corrected chi connectivity index (χ3v) is 10.1. The molecule has 7 nitrogen and oxygen atoms in total. The van der Waals surface area contributed by atoms with Gasteiger partial charge < -0.3 is 5.32 Å². The van der Waals surface area contributed by atoms with E-state index < -0.39 is 17.1 Å². The van der Waals surface area contributed by atoms with Crippen LogP contribution in [0.2, 0.25) is 0 Å². The first-order valence-electron chi connectivity index (χ1n) is 12.3. The molecule has 3 atom stereocenters. The van der Waals surface area contributed by atoms with Gasteiger partial charge in [0.1, 0.15) is 11.8 Å². The number of benzene rings is 3. The molecule has 3 heterocycles. The minimum absolute atomic E-state index is 0.193. The van der Waals surface area contributed by atoms with Crippen LogP contribution in [0.4, 0.5) is 11.4 Å². The van der Waals surface area contributed by atoms with Gasteiger partial charge >= 0.3 is 4.87 Å². The molecule has 6 rings (SSSR count). The number of imide groups is 1. The highest BCUT2D eigenvalue weighted by Crippen LogP contribution is 2.53. The Hall–Kier alpha value is -3.47. The van der Waals surface area contributed by atoms with E-state index in [-0.39, 0.29) is 29.1 Å². The normalized spacial score (nSPS) is 20.1. The number of carbonyl (C=O) groups excluding carboxylic acids is 3. The van der Waals surface area contributed by atoms with Crippen LogP contribution in [0.5, 0.6) is 0 Å². The third kappa shape index (κ3) is 4.56. The number of anilines is 2. The lowest BCUT2D eigenvalue weighted by atomic mass is 9.83. The van der Waals surface area contributed by atoms with E-state index in [0.717, 1.165) is 26.9 Å². The van der Waals surface area contributed by atoms with Crippen LogP contribution < -0.4 is 15.1 Å². The zero-order chi connectivity index (χ0) is 27.3. The smallest absolute Gasteiger partial charge is 0.308 e. The highest BCUT2D eigenvalue weighted by molar-refractivity contribution is 9.10. The Morgan fingerprint density at radius 1 is 0.923 bits per heavy atom. The molecule has 1 aromatic heterocycles. The number of fused-ring (bicyclic) bond motifs is 2.